The summed E-state index contributed by atoms with van der Waals surface area (Å²) >= 11 is 0. The van der Waals surface area contributed by atoms with Crippen molar-refractivity contribution in [3.05, 3.63) is 0 Å². The van der Waals surface area contributed by atoms with Crippen LogP contribution in [-0.4, -0.2) is 24.3 Å². The molecule has 2 unspecified atom stereocenters. The highest BCUT2D eigenvalue weighted by Crippen LogP contribution is 2.52. The van der Waals surface area contributed by atoms with Gasteiger partial charge in [-0.05, 0) is 13.3 Å². The summed E-state index contributed by atoms with van der Waals surface area (Å²) < 4.78 is 40.6. The molecule has 1 aliphatic rings. The van der Waals surface area contributed by atoms with E-state index in [2.05, 4.69) is 4.74 Å². The Morgan fingerprint density at radius 1 is 1.69 bits per heavy atom. The number of carbonyl (C=O) groups is 1. The van der Waals surface area contributed by atoms with Crippen molar-refractivity contribution < 1.29 is 22.7 Å². The Morgan fingerprint density at radius 3 is 2.54 bits per heavy atom. The number of ether oxygens (including phenoxy) is 1. The Kier molecular flexibility index (Phi) is 2.27. The van der Waals surface area contributed by atoms with Crippen LogP contribution in [0.2, 0.25) is 0 Å². The fraction of sp³-hybridized carbons (Fsp3) is 0.857. The van der Waals surface area contributed by atoms with Crippen molar-refractivity contribution in [3.63, 3.8) is 0 Å². The first-order valence-electron chi connectivity index (χ1n) is 3.85. The molecular formula is C7H10F3NO2. The van der Waals surface area contributed by atoms with Gasteiger partial charge in [0.1, 0.15) is 5.54 Å². The van der Waals surface area contributed by atoms with Gasteiger partial charge in [0.25, 0.3) is 0 Å². The summed E-state index contributed by atoms with van der Waals surface area (Å²) in [7, 11) is 0. The van der Waals surface area contributed by atoms with Gasteiger partial charge in [0.2, 0.25) is 0 Å². The van der Waals surface area contributed by atoms with Gasteiger partial charge in [0.05, 0.1) is 12.5 Å². The van der Waals surface area contributed by atoms with Crippen LogP contribution in [0.25, 0.3) is 0 Å². The fourth-order valence-corrected chi connectivity index (χ4v) is 1.18. The molecule has 1 saturated carbocycles. The molecule has 0 aromatic carbocycles. The molecule has 0 heterocycles. The third-order valence-electron chi connectivity index (χ3n) is 2.05. The van der Waals surface area contributed by atoms with E-state index in [-0.39, 0.29) is 13.0 Å². The number of nitrogens with two attached hydrogens (primary N) is 1. The maximum Gasteiger partial charge on any atom is 0.394 e. The van der Waals surface area contributed by atoms with E-state index in [1.165, 1.54) is 6.92 Å². The third kappa shape index (κ3) is 1.77. The molecule has 2 atom stereocenters. The largest absolute Gasteiger partial charge is 0.465 e. The maximum absolute atomic E-state index is 12.0. The topological polar surface area (TPSA) is 52.3 Å². The Hall–Kier alpha value is -0.780. The molecule has 2 N–H and O–H groups in total. The normalized spacial score (nSPS) is 32.8. The molecule has 1 aliphatic carbocycles. The van der Waals surface area contributed by atoms with Crippen molar-refractivity contribution in [2.75, 3.05) is 6.61 Å². The van der Waals surface area contributed by atoms with Gasteiger partial charge in [-0.3, -0.25) is 4.79 Å². The van der Waals surface area contributed by atoms with Crippen molar-refractivity contribution in [1.29, 1.82) is 0 Å². The molecule has 0 aromatic rings. The summed E-state index contributed by atoms with van der Waals surface area (Å²) in [5.74, 6) is -2.70. The number of rotatable bonds is 2. The van der Waals surface area contributed by atoms with E-state index < -0.39 is 23.6 Å². The first kappa shape index (κ1) is 10.3. The minimum atomic E-state index is -4.40. The highest BCUT2D eigenvalue weighted by Gasteiger charge is 2.69. The van der Waals surface area contributed by atoms with E-state index >= 15 is 0 Å². The van der Waals surface area contributed by atoms with E-state index in [4.69, 9.17) is 5.73 Å². The van der Waals surface area contributed by atoms with Gasteiger partial charge in [0, 0.05) is 0 Å². The van der Waals surface area contributed by atoms with Crippen LogP contribution in [0.15, 0.2) is 0 Å². The number of carbonyl (C=O) groups excluding carboxylic acids is 1. The first-order chi connectivity index (χ1) is 5.82. The lowest BCUT2D eigenvalue weighted by Gasteiger charge is -2.11. The molecule has 0 aromatic heterocycles. The van der Waals surface area contributed by atoms with Crippen LogP contribution in [0, 0.1) is 5.92 Å². The van der Waals surface area contributed by atoms with E-state index in [9.17, 15) is 18.0 Å². The lowest BCUT2D eigenvalue weighted by molar-refractivity contribution is -0.164. The number of esters is 1. The van der Waals surface area contributed by atoms with Crippen LogP contribution < -0.4 is 5.73 Å². The third-order valence-corrected chi connectivity index (χ3v) is 2.05. The van der Waals surface area contributed by atoms with Crippen molar-refractivity contribution in [3.8, 4) is 0 Å². The molecule has 0 saturated heterocycles. The molecule has 6 heteroatoms. The average molecular weight is 197 g/mol. The van der Waals surface area contributed by atoms with Crippen LogP contribution in [0.1, 0.15) is 13.3 Å². The van der Waals surface area contributed by atoms with E-state index in [1.807, 2.05) is 0 Å². The minimum absolute atomic E-state index is 0.0440. The SMILES string of the molecule is CCOC(=O)C1(N)CC1C(F)(F)F. The van der Waals surface area contributed by atoms with Gasteiger partial charge in [0.15, 0.2) is 0 Å². The predicted octanol–water partition coefficient (Wildman–Crippen LogP) is 0.829. The Labute approximate surface area is 73.0 Å². The standard InChI is InChI=1S/C7H10F3NO2/c1-2-13-5(12)6(11)3-4(6)7(8,9)10/h4H,2-3,11H2,1H3. The smallest absolute Gasteiger partial charge is 0.394 e. The van der Waals surface area contributed by atoms with Crippen LogP contribution in [0.3, 0.4) is 0 Å². The molecule has 13 heavy (non-hydrogen) atoms. The van der Waals surface area contributed by atoms with Crippen LogP contribution >= 0.6 is 0 Å². The molecule has 0 bridgehead atoms. The second-order valence-electron chi connectivity index (χ2n) is 3.06. The maximum atomic E-state index is 12.0. The van der Waals surface area contributed by atoms with Crippen LogP contribution in [-0.2, 0) is 9.53 Å². The van der Waals surface area contributed by atoms with E-state index in [1.54, 1.807) is 0 Å². The molecule has 0 radical (unpaired) electrons. The zero-order valence-corrected chi connectivity index (χ0v) is 7.02. The highest BCUT2D eigenvalue weighted by atomic mass is 19.4. The zero-order chi connectivity index (χ0) is 10.3. The van der Waals surface area contributed by atoms with Crippen LogP contribution in [0.4, 0.5) is 13.2 Å². The fourth-order valence-electron chi connectivity index (χ4n) is 1.18. The Bertz CT molecular complexity index is 228. The lowest BCUT2D eigenvalue weighted by atomic mass is 10.2. The van der Waals surface area contributed by atoms with Crippen molar-refractivity contribution >= 4 is 5.97 Å². The zero-order valence-electron chi connectivity index (χ0n) is 7.02. The molecule has 1 rings (SSSR count). The summed E-state index contributed by atoms with van der Waals surface area (Å²) in [4.78, 5) is 10.9. The quantitative estimate of drug-likeness (QED) is 0.667. The van der Waals surface area contributed by atoms with Gasteiger partial charge in [-0.25, -0.2) is 0 Å². The van der Waals surface area contributed by atoms with Gasteiger partial charge in [-0.2, -0.15) is 13.2 Å². The molecular weight excluding hydrogens is 187 g/mol. The second-order valence-corrected chi connectivity index (χ2v) is 3.06. The molecule has 3 nitrogen and oxygen atoms in total. The Morgan fingerprint density at radius 2 is 2.23 bits per heavy atom. The van der Waals surface area contributed by atoms with Crippen molar-refractivity contribution in [1.82, 2.24) is 0 Å². The molecule has 0 aliphatic heterocycles. The summed E-state index contributed by atoms with van der Waals surface area (Å²) in [6, 6.07) is 0. The predicted molar refractivity (Wildman–Crippen MR) is 37.7 cm³/mol. The Balaban J connectivity index is 2.59. The molecule has 76 valence electrons. The summed E-state index contributed by atoms with van der Waals surface area (Å²) in [5, 5.41) is 0. The summed E-state index contributed by atoms with van der Waals surface area (Å²) in [6.45, 7) is 1.56. The summed E-state index contributed by atoms with van der Waals surface area (Å²) in [6.07, 6.45) is -4.77. The van der Waals surface area contributed by atoms with Crippen molar-refractivity contribution in [2.24, 2.45) is 11.7 Å². The second kappa shape index (κ2) is 2.87. The first-order valence-corrected chi connectivity index (χ1v) is 3.85. The number of hydrogen-bond acceptors (Lipinski definition) is 3. The van der Waals surface area contributed by atoms with Gasteiger partial charge >= 0.3 is 12.1 Å². The highest BCUT2D eigenvalue weighted by molar-refractivity contribution is 5.85. The number of hydrogen-bond donors (Lipinski definition) is 1. The van der Waals surface area contributed by atoms with E-state index in [0.717, 1.165) is 0 Å². The van der Waals surface area contributed by atoms with Crippen molar-refractivity contribution in [2.45, 2.75) is 25.1 Å². The summed E-state index contributed by atoms with van der Waals surface area (Å²) in [5.41, 5.74) is 3.39. The molecule has 1 fully saturated rings. The molecule has 0 amide bonds. The average Bonchev–Trinajstić information content (AvgIpc) is 2.63. The molecule has 0 spiro atoms. The van der Waals surface area contributed by atoms with Gasteiger partial charge < -0.3 is 10.5 Å². The minimum Gasteiger partial charge on any atom is -0.465 e. The number of alkyl halides is 3. The lowest BCUT2D eigenvalue weighted by Crippen LogP contribution is -2.40. The van der Waals surface area contributed by atoms with Gasteiger partial charge in [-0.15, -0.1) is 0 Å². The van der Waals surface area contributed by atoms with Gasteiger partial charge in [-0.1, -0.05) is 0 Å². The van der Waals surface area contributed by atoms with Crippen LogP contribution in [0.5, 0.6) is 0 Å². The monoisotopic (exact) mass is 197 g/mol. The number of halogens is 3. The van der Waals surface area contributed by atoms with E-state index in [0.29, 0.717) is 0 Å².